The molecule has 0 amide bonds. The lowest BCUT2D eigenvalue weighted by atomic mass is 10.1. The van der Waals surface area contributed by atoms with Crippen molar-refractivity contribution in [3.8, 4) is 5.75 Å². The molecule has 104 valence electrons. The Balaban J connectivity index is 1.31. The quantitative estimate of drug-likeness (QED) is 0.764. The molecule has 1 atom stereocenters. The van der Waals surface area contributed by atoms with Crippen LogP contribution in [0.15, 0.2) is 18.2 Å². The third-order valence-corrected chi connectivity index (χ3v) is 3.80. The summed E-state index contributed by atoms with van der Waals surface area (Å²) in [7, 11) is 0. The Morgan fingerprint density at radius 3 is 3.11 bits per heavy atom. The van der Waals surface area contributed by atoms with Gasteiger partial charge in [0.15, 0.2) is 0 Å². The first-order valence-corrected chi connectivity index (χ1v) is 7.36. The largest absolute Gasteiger partial charge is 0.488 e. The third kappa shape index (κ3) is 3.71. The first-order chi connectivity index (χ1) is 9.31. The van der Waals surface area contributed by atoms with Crippen molar-refractivity contribution in [3.63, 3.8) is 0 Å². The molecule has 1 saturated carbocycles. The third-order valence-electron chi connectivity index (χ3n) is 3.80. The van der Waals surface area contributed by atoms with E-state index < -0.39 is 0 Å². The molecule has 3 nitrogen and oxygen atoms in total. The maximum absolute atomic E-state index is 5.91. The Kier molecular flexibility index (Phi) is 4.04. The maximum Gasteiger partial charge on any atom is 0.123 e. The number of ether oxygens (including phenoxy) is 2. The summed E-state index contributed by atoms with van der Waals surface area (Å²) in [5.41, 5.74) is 2.65. The second-order valence-electron chi connectivity index (χ2n) is 5.78. The van der Waals surface area contributed by atoms with Crippen LogP contribution in [0, 0.1) is 12.8 Å². The van der Waals surface area contributed by atoms with Crippen LogP contribution in [0.2, 0.25) is 0 Å². The lowest BCUT2D eigenvalue weighted by molar-refractivity contribution is 0.123. The van der Waals surface area contributed by atoms with Crippen molar-refractivity contribution in [2.24, 2.45) is 5.92 Å². The molecule has 19 heavy (non-hydrogen) atoms. The predicted octanol–water partition coefficient (Wildman–Crippen LogP) is 2.31. The molecule has 0 radical (unpaired) electrons. The van der Waals surface area contributed by atoms with E-state index in [0.717, 1.165) is 44.4 Å². The SMILES string of the molecule is Cc1ccc2c(c1)CC(CNCCOCC1CC1)O2. The molecular formula is C16H23NO2. The Labute approximate surface area is 115 Å². The fraction of sp³-hybridized carbons (Fsp3) is 0.625. The zero-order valence-electron chi connectivity index (χ0n) is 11.7. The van der Waals surface area contributed by atoms with Crippen molar-refractivity contribution in [2.75, 3.05) is 26.3 Å². The van der Waals surface area contributed by atoms with Gasteiger partial charge in [-0.05, 0) is 37.3 Å². The van der Waals surface area contributed by atoms with E-state index in [9.17, 15) is 0 Å². The number of fused-ring (bicyclic) bond motifs is 1. The van der Waals surface area contributed by atoms with Gasteiger partial charge in [0.2, 0.25) is 0 Å². The highest BCUT2D eigenvalue weighted by molar-refractivity contribution is 5.40. The molecule has 0 bridgehead atoms. The summed E-state index contributed by atoms with van der Waals surface area (Å²) in [6.45, 7) is 5.72. The van der Waals surface area contributed by atoms with E-state index in [2.05, 4.69) is 30.4 Å². The van der Waals surface area contributed by atoms with Crippen LogP contribution in [0.5, 0.6) is 5.75 Å². The summed E-state index contributed by atoms with van der Waals surface area (Å²) >= 11 is 0. The van der Waals surface area contributed by atoms with Crippen molar-refractivity contribution in [1.29, 1.82) is 0 Å². The Hall–Kier alpha value is -1.06. The maximum atomic E-state index is 5.91. The molecule has 2 aliphatic rings. The van der Waals surface area contributed by atoms with Gasteiger partial charge in [-0.3, -0.25) is 0 Å². The molecule has 0 saturated heterocycles. The Morgan fingerprint density at radius 1 is 1.37 bits per heavy atom. The predicted molar refractivity (Wildman–Crippen MR) is 75.7 cm³/mol. The normalized spacial score (nSPS) is 21.2. The van der Waals surface area contributed by atoms with Gasteiger partial charge in [0, 0.05) is 26.1 Å². The van der Waals surface area contributed by atoms with Crippen LogP contribution >= 0.6 is 0 Å². The van der Waals surface area contributed by atoms with Gasteiger partial charge in [0.05, 0.1) is 6.61 Å². The molecular weight excluding hydrogens is 238 g/mol. The Bertz CT molecular complexity index is 429. The van der Waals surface area contributed by atoms with E-state index in [0.29, 0.717) is 0 Å². The fourth-order valence-electron chi connectivity index (χ4n) is 2.50. The smallest absolute Gasteiger partial charge is 0.123 e. The molecule has 1 N–H and O–H groups in total. The molecule has 1 aromatic carbocycles. The van der Waals surface area contributed by atoms with Crippen LogP contribution in [-0.4, -0.2) is 32.4 Å². The highest BCUT2D eigenvalue weighted by Gasteiger charge is 2.22. The lowest BCUT2D eigenvalue weighted by Gasteiger charge is -2.11. The summed E-state index contributed by atoms with van der Waals surface area (Å²) < 4.78 is 11.5. The molecule has 3 rings (SSSR count). The van der Waals surface area contributed by atoms with Crippen molar-refractivity contribution in [1.82, 2.24) is 5.32 Å². The second-order valence-corrected chi connectivity index (χ2v) is 5.78. The van der Waals surface area contributed by atoms with Crippen LogP contribution in [0.3, 0.4) is 0 Å². The van der Waals surface area contributed by atoms with Crippen LogP contribution in [0.4, 0.5) is 0 Å². The van der Waals surface area contributed by atoms with Crippen LogP contribution in [-0.2, 0) is 11.2 Å². The molecule has 0 spiro atoms. The fourth-order valence-corrected chi connectivity index (χ4v) is 2.50. The molecule has 3 heteroatoms. The summed E-state index contributed by atoms with van der Waals surface area (Å²) in [5, 5.41) is 3.42. The summed E-state index contributed by atoms with van der Waals surface area (Å²) in [6.07, 6.45) is 4.02. The first-order valence-electron chi connectivity index (χ1n) is 7.36. The van der Waals surface area contributed by atoms with E-state index in [1.807, 2.05) is 0 Å². The number of hydrogen-bond donors (Lipinski definition) is 1. The molecule has 1 aromatic rings. The zero-order valence-corrected chi connectivity index (χ0v) is 11.7. The average molecular weight is 261 g/mol. The number of nitrogens with one attached hydrogen (secondary N) is 1. The minimum atomic E-state index is 0.278. The molecule has 1 fully saturated rings. The topological polar surface area (TPSA) is 30.5 Å². The van der Waals surface area contributed by atoms with Gasteiger partial charge in [-0.1, -0.05) is 17.7 Å². The monoisotopic (exact) mass is 261 g/mol. The second kappa shape index (κ2) is 5.93. The van der Waals surface area contributed by atoms with Crippen molar-refractivity contribution in [3.05, 3.63) is 29.3 Å². The molecule has 1 heterocycles. The number of rotatable bonds is 7. The van der Waals surface area contributed by atoms with Gasteiger partial charge in [0.1, 0.15) is 11.9 Å². The molecule has 0 aromatic heterocycles. The van der Waals surface area contributed by atoms with Gasteiger partial charge in [-0.15, -0.1) is 0 Å². The molecule has 1 unspecified atom stereocenters. The van der Waals surface area contributed by atoms with E-state index in [1.165, 1.54) is 24.0 Å². The van der Waals surface area contributed by atoms with Crippen LogP contribution < -0.4 is 10.1 Å². The number of aryl methyl sites for hydroxylation is 1. The van der Waals surface area contributed by atoms with Gasteiger partial charge < -0.3 is 14.8 Å². The molecule has 1 aliphatic heterocycles. The van der Waals surface area contributed by atoms with E-state index in [1.54, 1.807) is 0 Å². The lowest BCUT2D eigenvalue weighted by Crippen LogP contribution is -2.32. The van der Waals surface area contributed by atoms with Gasteiger partial charge in [0.25, 0.3) is 0 Å². The van der Waals surface area contributed by atoms with Gasteiger partial charge >= 0.3 is 0 Å². The number of benzene rings is 1. The van der Waals surface area contributed by atoms with Gasteiger partial charge in [-0.2, -0.15) is 0 Å². The van der Waals surface area contributed by atoms with Crippen LogP contribution in [0.1, 0.15) is 24.0 Å². The van der Waals surface area contributed by atoms with E-state index in [4.69, 9.17) is 9.47 Å². The van der Waals surface area contributed by atoms with E-state index in [-0.39, 0.29) is 6.10 Å². The summed E-state index contributed by atoms with van der Waals surface area (Å²) in [5.74, 6) is 1.92. The highest BCUT2D eigenvalue weighted by Crippen LogP contribution is 2.29. The highest BCUT2D eigenvalue weighted by atomic mass is 16.5. The first kappa shape index (κ1) is 12.9. The van der Waals surface area contributed by atoms with Crippen LogP contribution in [0.25, 0.3) is 0 Å². The molecule has 1 aliphatic carbocycles. The zero-order chi connectivity index (χ0) is 13.1. The summed E-state index contributed by atoms with van der Waals surface area (Å²) in [6, 6.07) is 6.43. The standard InChI is InChI=1S/C16H23NO2/c1-12-2-5-16-14(8-12)9-15(19-16)10-17-6-7-18-11-13-3-4-13/h2,5,8,13,15,17H,3-4,6-7,9-11H2,1H3. The minimum absolute atomic E-state index is 0.278. The number of hydrogen-bond acceptors (Lipinski definition) is 3. The Morgan fingerprint density at radius 2 is 2.26 bits per heavy atom. The summed E-state index contributed by atoms with van der Waals surface area (Å²) in [4.78, 5) is 0. The van der Waals surface area contributed by atoms with Gasteiger partial charge in [-0.25, -0.2) is 0 Å². The van der Waals surface area contributed by atoms with Crippen molar-refractivity contribution in [2.45, 2.75) is 32.3 Å². The van der Waals surface area contributed by atoms with Crippen molar-refractivity contribution < 1.29 is 9.47 Å². The minimum Gasteiger partial charge on any atom is -0.488 e. The van der Waals surface area contributed by atoms with Crippen molar-refractivity contribution >= 4 is 0 Å². The average Bonchev–Trinajstić information content (AvgIpc) is 3.13. The van der Waals surface area contributed by atoms with E-state index >= 15 is 0 Å².